The summed E-state index contributed by atoms with van der Waals surface area (Å²) in [5, 5.41) is 11.6. The van der Waals surface area contributed by atoms with Gasteiger partial charge in [-0.1, -0.05) is 6.07 Å². The molecule has 0 aromatic heterocycles. The van der Waals surface area contributed by atoms with Gasteiger partial charge in [0.05, 0.1) is 13.0 Å². The molecule has 5 heteroatoms. The predicted molar refractivity (Wildman–Crippen MR) is 65.8 cm³/mol. The molecule has 1 atom stereocenters. The van der Waals surface area contributed by atoms with Crippen molar-refractivity contribution >= 4 is 5.91 Å². The van der Waals surface area contributed by atoms with E-state index in [0.717, 1.165) is 5.56 Å². The summed E-state index contributed by atoms with van der Waals surface area (Å²) in [6, 6.07) is 5.25. The highest BCUT2D eigenvalue weighted by molar-refractivity contribution is 5.79. The minimum Gasteiger partial charge on any atom is -0.486 e. The van der Waals surface area contributed by atoms with E-state index in [-0.39, 0.29) is 25.0 Å². The van der Waals surface area contributed by atoms with Gasteiger partial charge >= 0.3 is 0 Å². The molecule has 1 aliphatic heterocycles. The average Bonchev–Trinajstić information content (AvgIpc) is 2.38. The number of rotatable bonds is 4. The van der Waals surface area contributed by atoms with Crippen molar-refractivity contribution < 1.29 is 19.4 Å². The van der Waals surface area contributed by atoms with Crippen molar-refractivity contribution in [3.8, 4) is 11.5 Å². The summed E-state index contributed by atoms with van der Waals surface area (Å²) in [5.41, 5.74) is 0.863. The van der Waals surface area contributed by atoms with Crippen molar-refractivity contribution in [2.45, 2.75) is 19.4 Å². The number of amides is 1. The maximum Gasteiger partial charge on any atom is 0.224 e. The van der Waals surface area contributed by atoms with Gasteiger partial charge in [0, 0.05) is 6.04 Å². The maximum atomic E-state index is 11.7. The van der Waals surface area contributed by atoms with Crippen LogP contribution in [0.15, 0.2) is 18.2 Å². The lowest BCUT2D eigenvalue weighted by Crippen LogP contribution is -2.36. The number of fused-ring (bicyclic) bond motifs is 1. The Bertz CT molecular complexity index is 433. The molecule has 0 fully saturated rings. The SMILES string of the molecule is CC(CO)NC(=O)Cc1ccc2c(c1)OCCO2. The smallest absolute Gasteiger partial charge is 0.224 e. The number of aliphatic hydroxyl groups is 1. The lowest BCUT2D eigenvalue weighted by molar-refractivity contribution is -0.121. The van der Waals surface area contributed by atoms with Gasteiger partial charge < -0.3 is 19.9 Å². The van der Waals surface area contributed by atoms with E-state index in [0.29, 0.717) is 24.7 Å². The van der Waals surface area contributed by atoms with Gasteiger partial charge in [-0.3, -0.25) is 4.79 Å². The van der Waals surface area contributed by atoms with E-state index in [9.17, 15) is 4.79 Å². The fraction of sp³-hybridized carbons (Fsp3) is 0.462. The van der Waals surface area contributed by atoms with E-state index in [1.54, 1.807) is 6.92 Å². The Morgan fingerprint density at radius 2 is 2.11 bits per heavy atom. The molecule has 0 spiro atoms. The number of carbonyl (C=O) groups excluding carboxylic acids is 1. The fourth-order valence-corrected chi connectivity index (χ4v) is 1.75. The summed E-state index contributed by atoms with van der Waals surface area (Å²) in [6.45, 7) is 2.78. The molecule has 0 aliphatic carbocycles. The molecule has 0 radical (unpaired) electrons. The van der Waals surface area contributed by atoms with Crippen LogP contribution < -0.4 is 14.8 Å². The molecule has 0 bridgehead atoms. The van der Waals surface area contributed by atoms with E-state index < -0.39 is 0 Å². The van der Waals surface area contributed by atoms with Crippen LogP contribution in [0.2, 0.25) is 0 Å². The molecule has 0 saturated carbocycles. The first-order valence-electron chi connectivity index (χ1n) is 5.98. The van der Waals surface area contributed by atoms with Gasteiger partial charge in [0.2, 0.25) is 5.91 Å². The van der Waals surface area contributed by atoms with E-state index in [4.69, 9.17) is 14.6 Å². The normalized spacial score (nSPS) is 15.0. The Morgan fingerprint density at radius 3 is 2.83 bits per heavy atom. The largest absolute Gasteiger partial charge is 0.486 e. The van der Waals surface area contributed by atoms with Crippen molar-refractivity contribution in [2.75, 3.05) is 19.8 Å². The molecule has 1 aromatic rings. The minimum atomic E-state index is -0.227. The first-order valence-corrected chi connectivity index (χ1v) is 5.98. The maximum absolute atomic E-state index is 11.7. The molecule has 2 N–H and O–H groups in total. The highest BCUT2D eigenvalue weighted by Crippen LogP contribution is 2.30. The van der Waals surface area contributed by atoms with E-state index in [2.05, 4.69) is 5.32 Å². The standard InChI is InChI=1S/C13H17NO4/c1-9(8-15)14-13(16)7-10-2-3-11-12(6-10)18-5-4-17-11/h2-3,6,9,15H,4-5,7-8H2,1H3,(H,14,16). The van der Waals surface area contributed by atoms with Crippen LogP contribution in [0, 0.1) is 0 Å². The quantitative estimate of drug-likeness (QED) is 0.817. The fourth-order valence-electron chi connectivity index (χ4n) is 1.75. The van der Waals surface area contributed by atoms with Crippen LogP contribution >= 0.6 is 0 Å². The van der Waals surface area contributed by atoms with Crippen LogP contribution in [-0.2, 0) is 11.2 Å². The lowest BCUT2D eigenvalue weighted by Gasteiger charge is -2.19. The number of hydrogen-bond acceptors (Lipinski definition) is 4. The van der Waals surface area contributed by atoms with Gasteiger partial charge in [-0.15, -0.1) is 0 Å². The minimum absolute atomic E-state index is 0.0626. The number of aliphatic hydroxyl groups excluding tert-OH is 1. The second-order valence-corrected chi connectivity index (χ2v) is 4.31. The number of nitrogens with one attached hydrogen (secondary N) is 1. The Kier molecular flexibility index (Phi) is 4.04. The van der Waals surface area contributed by atoms with Crippen molar-refractivity contribution in [3.63, 3.8) is 0 Å². The average molecular weight is 251 g/mol. The third kappa shape index (κ3) is 3.13. The van der Waals surface area contributed by atoms with Gasteiger partial charge in [0.25, 0.3) is 0 Å². The van der Waals surface area contributed by atoms with E-state index in [1.807, 2.05) is 18.2 Å². The second kappa shape index (κ2) is 5.73. The zero-order valence-corrected chi connectivity index (χ0v) is 10.3. The molecule has 1 amide bonds. The second-order valence-electron chi connectivity index (χ2n) is 4.31. The van der Waals surface area contributed by atoms with Crippen LogP contribution in [0.25, 0.3) is 0 Å². The third-order valence-corrected chi connectivity index (χ3v) is 2.65. The highest BCUT2D eigenvalue weighted by Gasteiger charge is 2.13. The van der Waals surface area contributed by atoms with Crippen molar-refractivity contribution in [1.29, 1.82) is 0 Å². The molecule has 1 aliphatic rings. The first-order chi connectivity index (χ1) is 8.69. The van der Waals surface area contributed by atoms with Crippen molar-refractivity contribution in [1.82, 2.24) is 5.32 Å². The van der Waals surface area contributed by atoms with Crippen LogP contribution in [0.1, 0.15) is 12.5 Å². The Morgan fingerprint density at radius 1 is 1.39 bits per heavy atom. The monoisotopic (exact) mass is 251 g/mol. The first kappa shape index (κ1) is 12.7. The van der Waals surface area contributed by atoms with Crippen LogP contribution in [-0.4, -0.2) is 36.9 Å². The zero-order chi connectivity index (χ0) is 13.0. The van der Waals surface area contributed by atoms with Crippen molar-refractivity contribution in [3.05, 3.63) is 23.8 Å². The van der Waals surface area contributed by atoms with E-state index >= 15 is 0 Å². The predicted octanol–water partition coefficient (Wildman–Crippen LogP) is 0.497. The number of benzene rings is 1. The molecule has 5 nitrogen and oxygen atoms in total. The van der Waals surface area contributed by atoms with Gasteiger partial charge in [-0.25, -0.2) is 0 Å². The molecule has 1 aromatic carbocycles. The summed E-state index contributed by atoms with van der Waals surface area (Å²) in [7, 11) is 0. The van der Waals surface area contributed by atoms with Crippen LogP contribution in [0.5, 0.6) is 11.5 Å². The van der Waals surface area contributed by atoms with Crippen LogP contribution in [0.4, 0.5) is 0 Å². The molecular weight excluding hydrogens is 234 g/mol. The Hall–Kier alpha value is -1.75. The highest BCUT2D eigenvalue weighted by atomic mass is 16.6. The molecule has 98 valence electrons. The number of ether oxygens (including phenoxy) is 2. The summed E-state index contributed by atoms with van der Waals surface area (Å²) in [6.07, 6.45) is 0.265. The van der Waals surface area contributed by atoms with Gasteiger partial charge in [0.15, 0.2) is 11.5 Å². The lowest BCUT2D eigenvalue weighted by atomic mass is 10.1. The molecule has 2 rings (SSSR count). The molecule has 1 heterocycles. The molecule has 18 heavy (non-hydrogen) atoms. The van der Waals surface area contributed by atoms with Gasteiger partial charge in [0.1, 0.15) is 13.2 Å². The van der Waals surface area contributed by atoms with Crippen molar-refractivity contribution in [2.24, 2.45) is 0 Å². The Balaban J connectivity index is 1.99. The topological polar surface area (TPSA) is 67.8 Å². The van der Waals surface area contributed by atoms with Crippen LogP contribution in [0.3, 0.4) is 0 Å². The molecule has 1 unspecified atom stereocenters. The third-order valence-electron chi connectivity index (χ3n) is 2.65. The molecule has 0 saturated heterocycles. The summed E-state index contributed by atoms with van der Waals surface area (Å²) in [5.74, 6) is 1.28. The summed E-state index contributed by atoms with van der Waals surface area (Å²) < 4.78 is 10.9. The zero-order valence-electron chi connectivity index (χ0n) is 10.3. The summed E-state index contributed by atoms with van der Waals surface area (Å²) in [4.78, 5) is 11.7. The van der Waals surface area contributed by atoms with Gasteiger partial charge in [-0.05, 0) is 24.6 Å². The van der Waals surface area contributed by atoms with E-state index in [1.165, 1.54) is 0 Å². The number of carbonyl (C=O) groups is 1. The Labute approximate surface area is 106 Å². The summed E-state index contributed by atoms with van der Waals surface area (Å²) >= 11 is 0. The van der Waals surface area contributed by atoms with Gasteiger partial charge in [-0.2, -0.15) is 0 Å². The number of hydrogen-bond donors (Lipinski definition) is 2. The molecular formula is C13H17NO4.